The molecule has 10 rings (SSSR count). The Morgan fingerprint density at radius 1 is 0.788 bits per heavy atom. The molecule has 0 aromatic rings. The van der Waals surface area contributed by atoms with Gasteiger partial charge in [-0.05, 0) is 68.4 Å². The van der Waals surface area contributed by atoms with Crippen molar-refractivity contribution in [1.29, 1.82) is 0 Å². The lowest BCUT2D eigenvalue weighted by Gasteiger charge is -2.47. The number of ketones is 1. The first-order valence-electron chi connectivity index (χ1n) is 20.5. The zero-order chi connectivity index (χ0) is 35.9. The van der Waals surface area contributed by atoms with Gasteiger partial charge in [0.1, 0.15) is 36.3 Å². The van der Waals surface area contributed by atoms with Gasteiger partial charge < -0.3 is 47.7 Å². The Hall–Kier alpha value is -1.25. The van der Waals surface area contributed by atoms with Crippen LogP contribution in [0.4, 0.5) is 0 Å². The van der Waals surface area contributed by atoms with Crippen molar-refractivity contribution in [2.24, 2.45) is 11.8 Å². The summed E-state index contributed by atoms with van der Waals surface area (Å²) >= 11 is 0. The molecule has 0 aromatic heterocycles. The lowest BCUT2D eigenvalue weighted by Crippen LogP contribution is -2.61. The van der Waals surface area contributed by atoms with Crippen LogP contribution in [0.15, 0.2) is 24.3 Å². The minimum atomic E-state index is -0.772. The Morgan fingerprint density at radius 2 is 1.54 bits per heavy atom. The maximum atomic E-state index is 14.1. The van der Waals surface area contributed by atoms with Crippen molar-refractivity contribution in [3.8, 4) is 0 Å². The molecule has 1 spiro atoms. The van der Waals surface area contributed by atoms with Crippen molar-refractivity contribution in [1.82, 2.24) is 0 Å². The first-order chi connectivity index (χ1) is 25.1. The molecule has 290 valence electrons. The molecule has 0 amide bonds. The van der Waals surface area contributed by atoms with Gasteiger partial charge in [0.05, 0.1) is 67.1 Å². The third kappa shape index (κ3) is 6.60. The summed E-state index contributed by atoms with van der Waals surface area (Å²) in [6.45, 7) is 13.1. The van der Waals surface area contributed by atoms with E-state index in [9.17, 15) is 9.90 Å². The molecule has 11 nitrogen and oxygen atoms in total. The predicted octanol–water partition coefficient (Wildman–Crippen LogP) is 4.89. The zero-order valence-corrected chi connectivity index (χ0v) is 31.2. The van der Waals surface area contributed by atoms with Crippen LogP contribution < -0.4 is 0 Å². The van der Waals surface area contributed by atoms with Crippen LogP contribution in [0.2, 0.25) is 0 Å². The molecule has 52 heavy (non-hydrogen) atoms. The molecule has 10 fully saturated rings. The summed E-state index contributed by atoms with van der Waals surface area (Å²) in [7, 11) is 1.69. The average molecular weight is 729 g/mol. The molecule has 19 atom stereocenters. The number of methoxy groups -OCH3 is 1. The molecule has 11 heteroatoms. The molecular formula is C41H60O11. The zero-order valence-electron chi connectivity index (χ0n) is 31.2. The minimum Gasteiger partial charge on any atom is -0.393 e. The molecule has 10 aliphatic heterocycles. The molecular weight excluding hydrogens is 668 g/mol. The fourth-order valence-corrected chi connectivity index (χ4v) is 11.4. The normalized spacial score (nSPS) is 52.4. The number of aliphatic hydroxyl groups is 1. The predicted molar refractivity (Wildman–Crippen MR) is 187 cm³/mol. The van der Waals surface area contributed by atoms with Crippen LogP contribution in [0, 0.1) is 11.8 Å². The van der Waals surface area contributed by atoms with Crippen LogP contribution in [0.25, 0.3) is 0 Å². The standard InChI is InChI=1S/C41H60O11/c1-6-23(42)17-33-35(44-5)28-16-24(43)15-26-8-10-30-36(47-26)40-39-38(49-30)37-34(50-39)19-41(51-37,52-40)12-11-27-14-21(3)29(45-27)9-7-25-13-20(2)22(4)31(46-25)18-32(28)48-33/h20,23,25-40,42H,3-4,6-19H2,1-2,5H3/t20?,23?,25?,26?,27?,28?,29?,30?,31?,32?,33?,34?,35?,36?,37?,38-,39?,40?,41?/m0/s1. The van der Waals surface area contributed by atoms with Gasteiger partial charge in [-0.15, -0.1) is 0 Å². The van der Waals surface area contributed by atoms with Crippen molar-refractivity contribution in [2.75, 3.05) is 7.11 Å². The highest BCUT2D eigenvalue weighted by molar-refractivity contribution is 5.79. The van der Waals surface area contributed by atoms with E-state index in [1.165, 1.54) is 0 Å². The average Bonchev–Trinajstić information content (AvgIpc) is 3.79. The maximum absolute atomic E-state index is 14.1. The van der Waals surface area contributed by atoms with Gasteiger partial charge in [0.25, 0.3) is 0 Å². The van der Waals surface area contributed by atoms with E-state index in [1.54, 1.807) is 7.11 Å². The number of hydrogen-bond donors (Lipinski definition) is 1. The van der Waals surface area contributed by atoms with Gasteiger partial charge in [-0.2, -0.15) is 0 Å². The minimum absolute atomic E-state index is 0.00556. The summed E-state index contributed by atoms with van der Waals surface area (Å²) in [6.07, 6.45) is 6.32. The molecule has 0 aliphatic carbocycles. The van der Waals surface area contributed by atoms with Crippen LogP contribution in [0.1, 0.15) is 104 Å². The Morgan fingerprint density at radius 3 is 2.37 bits per heavy atom. The number of aliphatic hydroxyl groups excluding tert-OH is 1. The summed E-state index contributed by atoms with van der Waals surface area (Å²) in [5.41, 5.74) is 2.23. The van der Waals surface area contributed by atoms with Gasteiger partial charge in [0, 0.05) is 51.6 Å². The first kappa shape index (κ1) is 36.4. The van der Waals surface area contributed by atoms with E-state index in [0.717, 1.165) is 56.1 Å². The second-order valence-electron chi connectivity index (χ2n) is 17.6. The largest absolute Gasteiger partial charge is 0.393 e. The fraction of sp³-hybridized carbons (Fsp3) is 0.878. The van der Waals surface area contributed by atoms with Crippen LogP contribution in [0.5, 0.6) is 0 Å². The third-order valence-corrected chi connectivity index (χ3v) is 14.2. The second kappa shape index (κ2) is 14.4. The summed E-state index contributed by atoms with van der Waals surface area (Å²) in [5.74, 6) is -0.530. The van der Waals surface area contributed by atoms with Crippen LogP contribution >= 0.6 is 0 Å². The smallest absolute Gasteiger partial charge is 0.172 e. The van der Waals surface area contributed by atoms with Gasteiger partial charge >= 0.3 is 0 Å². The van der Waals surface area contributed by atoms with Crippen LogP contribution in [0.3, 0.4) is 0 Å². The summed E-state index contributed by atoms with van der Waals surface area (Å²) < 4.78 is 60.2. The lowest BCUT2D eigenvalue weighted by atomic mass is 9.81. The number of Topliss-reactive ketones (excluding diaryl/α,β-unsaturated/α-hetero) is 1. The van der Waals surface area contributed by atoms with E-state index in [4.69, 9.17) is 42.6 Å². The number of carbonyl (C=O) groups excluding carboxylic acids is 1. The molecule has 12 bridgehead atoms. The first-order valence-corrected chi connectivity index (χ1v) is 20.5. The Kier molecular flexibility index (Phi) is 10.0. The van der Waals surface area contributed by atoms with Gasteiger partial charge in [0.2, 0.25) is 0 Å². The lowest BCUT2D eigenvalue weighted by molar-refractivity contribution is -0.292. The highest BCUT2D eigenvalue weighted by Gasteiger charge is 2.68. The molecule has 0 radical (unpaired) electrons. The van der Waals surface area contributed by atoms with Crippen molar-refractivity contribution < 1.29 is 52.5 Å². The van der Waals surface area contributed by atoms with Gasteiger partial charge in [0.15, 0.2) is 5.79 Å². The Labute approximate surface area is 308 Å². The van der Waals surface area contributed by atoms with E-state index in [2.05, 4.69) is 20.1 Å². The summed E-state index contributed by atoms with van der Waals surface area (Å²) in [4.78, 5) is 14.1. The number of carbonyl (C=O) groups is 1. The number of ether oxygens (including phenoxy) is 9. The quantitative estimate of drug-likeness (QED) is 0.399. The van der Waals surface area contributed by atoms with Gasteiger partial charge in [-0.25, -0.2) is 0 Å². The molecule has 10 heterocycles. The molecule has 10 aliphatic rings. The number of fused-ring (bicyclic) bond motifs is 6. The van der Waals surface area contributed by atoms with Gasteiger partial charge in [-0.1, -0.05) is 27.0 Å². The van der Waals surface area contributed by atoms with Gasteiger partial charge in [-0.3, -0.25) is 4.79 Å². The Balaban J connectivity index is 0.994. The fourth-order valence-electron chi connectivity index (χ4n) is 11.4. The second-order valence-corrected chi connectivity index (χ2v) is 17.6. The van der Waals surface area contributed by atoms with E-state index in [1.807, 2.05) is 6.92 Å². The molecule has 18 unspecified atom stereocenters. The number of hydrogen-bond acceptors (Lipinski definition) is 11. The highest BCUT2D eigenvalue weighted by Crippen LogP contribution is 2.54. The van der Waals surface area contributed by atoms with Crippen LogP contribution in [-0.2, 0) is 47.4 Å². The SMILES string of the molecule is C=C1CC2CCC34CC5OC6C(O3)C3OC(CCC3O[C@H]6C5O4)CC(=O)CC3C(CC4OC(CCC1O2)CC(C)C4=C)OC(CC(O)CC)C3OC. The van der Waals surface area contributed by atoms with Crippen molar-refractivity contribution >= 4 is 5.78 Å². The van der Waals surface area contributed by atoms with Crippen LogP contribution in [-0.4, -0.2) is 121 Å². The van der Waals surface area contributed by atoms with Crippen molar-refractivity contribution in [2.45, 2.75) is 207 Å². The van der Waals surface area contributed by atoms with Crippen molar-refractivity contribution in [3.63, 3.8) is 0 Å². The van der Waals surface area contributed by atoms with E-state index < -0.39 is 11.9 Å². The monoisotopic (exact) mass is 728 g/mol. The molecule has 0 saturated carbocycles. The molecule has 10 saturated heterocycles. The molecule has 0 aromatic carbocycles. The highest BCUT2D eigenvalue weighted by atomic mass is 16.8. The maximum Gasteiger partial charge on any atom is 0.172 e. The Bertz CT molecular complexity index is 1370. The van der Waals surface area contributed by atoms with E-state index in [0.29, 0.717) is 50.9 Å². The topological polar surface area (TPSA) is 120 Å². The summed E-state index contributed by atoms with van der Waals surface area (Å²) in [6, 6.07) is 0. The van der Waals surface area contributed by atoms with Crippen molar-refractivity contribution in [3.05, 3.63) is 24.3 Å². The van der Waals surface area contributed by atoms with E-state index >= 15 is 0 Å². The summed E-state index contributed by atoms with van der Waals surface area (Å²) in [5, 5.41) is 10.7. The number of rotatable bonds is 4. The van der Waals surface area contributed by atoms with E-state index in [-0.39, 0.29) is 103 Å². The molecule has 1 N–H and O–H groups in total. The third-order valence-electron chi connectivity index (χ3n) is 14.2.